The summed E-state index contributed by atoms with van der Waals surface area (Å²) in [6.45, 7) is 2.00. The summed E-state index contributed by atoms with van der Waals surface area (Å²) in [5, 5.41) is 3.14. The number of para-hydroxylation sites is 1. The summed E-state index contributed by atoms with van der Waals surface area (Å²) in [4.78, 5) is 14.8. The number of rotatable bonds is 3. The largest absolute Gasteiger partial charge is 0.325 e. The zero-order valence-electron chi connectivity index (χ0n) is 13.0. The Bertz CT molecular complexity index is 631. The van der Waals surface area contributed by atoms with Gasteiger partial charge in [-0.1, -0.05) is 48.5 Å². The van der Waals surface area contributed by atoms with Gasteiger partial charge >= 0.3 is 0 Å². The van der Waals surface area contributed by atoms with Crippen LogP contribution < -0.4 is 5.32 Å². The molecule has 114 valence electrons. The zero-order chi connectivity index (χ0) is 15.4. The van der Waals surface area contributed by atoms with Crippen LogP contribution in [-0.4, -0.2) is 30.9 Å². The molecule has 1 saturated heterocycles. The lowest BCUT2D eigenvalue weighted by Crippen LogP contribution is -2.35. The molecule has 3 nitrogen and oxygen atoms in total. The number of nitrogens with zero attached hydrogens (tertiary/aromatic N) is 1. The van der Waals surface area contributed by atoms with Crippen LogP contribution in [0.4, 0.5) is 5.69 Å². The molecule has 0 radical (unpaired) electrons. The maximum atomic E-state index is 12.5. The van der Waals surface area contributed by atoms with E-state index in [1.807, 2.05) is 36.4 Å². The van der Waals surface area contributed by atoms with Gasteiger partial charge in [-0.05, 0) is 44.6 Å². The van der Waals surface area contributed by atoms with Gasteiger partial charge in [-0.2, -0.15) is 0 Å². The average Bonchev–Trinajstić information content (AvgIpc) is 2.57. The predicted molar refractivity (Wildman–Crippen MR) is 90.7 cm³/mol. The Hall–Kier alpha value is -2.13. The zero-order valence-corrected chi connectivity index (χ0v) is 13.0. The molecule has 1 N–H and O–H groups in total. The van der Waals surface area contributed by atoms with Crippen molar-refractivity contribution in [2.45, 2.75) is 12.8 Å². The van der Waals surface area contributed by atoms with Gasteiger partial charge in [0, 0.05) is 17.2 Å². The van der Waals surface area contributed by atoms with Crippen molar-refractivity contribution < 1.29 is 4.79 Å². The molecule has 0 spiro atoms. The van der Waals surface area contributed by atoms with E-state index in [2.05, 4.69) is 35.5 Å². The van der Waals surface area contributed by atoms with E-state index in [-0.39, 0.29) is 11.8 Å². The first kappa shape index (κ1) is 14.8. The van der Waals surface area contributed by atoms with Gasteiger partial charge in [0.1, 0.15) is 0 Å². The van der Waals surface area contributed by atoms with Gasteiger partial charge < -0.3 is 10.2 Å². The standard InChI is InChI=1S/C19H22N2O/c1-21-13-11-16(12-14-21)19(22)20-18-10-6-5-9-17(18)15-7-3-2-4-8-15/h2-10,16H,11-14H2,1H3,(H,20,22). The van der Waals surface area contributed by atoms with E-state index in [9.17, 15) is 4.79 Å². The second-order valence-corrected chi connectivity index (χ2v) is 5.98. The third kappa shape index (κ3) is 3.37. The van der Waals surface area contributed by atoms with Crippen molar-refractivity contribution in [2.24, 2.45) is 5.92 Å². The molecule has 2 aromatic carbocycles. The SMILES string of the molecule is CN1CCC(C(=O)Nc2ccccc2-c2ccccc2)CC1. The Labute approximate surface area is 132 Å². The highest BCUT2D eigenvalue weighted by molar-refractivity contribution is 5.96. The monoisotopic (exact) mass is 294 g/mol. The number of hydrogen-bond donors (Lipinski definition) is 1. The highest BCUT2D eigenvalue weighted by Gasteiger charge is 2.23. The molecule has 1 heterocycles. The van der Waals surface area contributed by atoms with Crippen molar-refractivity contribution in [1.29, 1.82) is 0 Å². The van der Waals surface area contributed by atoms with Gasteiger partial charge in [-0.3, -0.25) is 4.79 Å². The number of hydrogen-bond acceptors (Lipinski definition) is 2. The fraction of sp³-hybridized carbons (Fsp3) is 0.316. The number of anilines is 1. The molecule has 0 atom stereocenters. The van der Waals surface area contributed by atoms with E-state index < -0.39 is 0 Å². The van der Waals surface area contributed by atoms with Crippen LogP contribution in [0.1, 0.15) is 12.8 Å². The Morgan fingerprint density at radius 3 is 2.36 bits per heavy atom. The predicted octanol–water partition coefficient (Wildman–Crippen LogP) is 3.63. The smallest absolute Gasteiger partial charge is 0.227 e. The third-order valence-electron chi connectivity index (χ3n) is 4.36. The van der Waals surface area contributed by atoms with Crippen molar-refractivity contribution in [2.75, 3.05) is 25.5 Å². The fourth-order valence-corrected chi connectivity index (χ4v) is 2.97. The molecule has 0 aliphatic carbocycles. The highest BCUT2D eigenvalue weighted by Crippen LogP contribution is 2.28. The van der Waals surface area contributed by atoms with Crippen LogP contribution in [0.15, 0.2) is 54.6 Å². The molecule has 3 heteroatoms. The van der Waals surface area contributed by atoms with Gasteiger partial charge in [-0.25, -0.2) is 0 Å². The van der Waals surface area contributed by atoms with E-state index in [1.165, 1.54) is 0 Å². The molecule has 0 saturated carbocycles. The Balaban J connectivity index is 1.77. The van der Waals surface area contributed by atoms with Crippen molar-refractivity contribution in [3.05, 3.63) is 54.6 Å². The number of benzene rings is 2. The molecule has 3 rings (SSSR count). The van der Waals surface area contributed by atoms with E-state index >= 15 is 0 Å². The first-order valence-electron chi connectivity index (χ1n) is 7.88. The van der Waals surface area contributed by atoms with Crippen LogP contribution in [0.3, 0.4) is 0 Å². The maximum Gasteiger partial charge on any atom is 0.227 e. The minimum absolute atomic E-state index is 0.125. The van der Waals surface area contributed by atoms with Gasteiger partial charge in [0.15, 0.2) is 0 Å². The van der Waals surface area contributed by atoms with Crippen molar-refractivity contribution >= 4 is 11.6 Å². The number of likely N-dealkylation sites (tertiary alicyclic amines) is 1. The van der Waals surface area contributed by atoms with Crippen LogP contribution in [0, 0.1) is 5.92 Å². The molecular weight excluding hydrogens is 272 g/mol. The molecule has 0 bridgehead atoms. The lowest BCUT2D eigenvalue weighted by molar-refractivity contribution is -0.121. The van der Waals surface area contributed by atoms with Crippen LogP contribution in [0.2, 0.25) is 0 Å². The first-order valence-corrected chi connectivity index (χ1v) is 7.88. The van der Waals surface area contributed by atoms with Gasteiger partial charge in [0.25, 0.3) is 0 Å². The first-order chi connectivity index (χ1) is 10.7. The second kappa shape index (κ2) is 6.75. The quantitative estimate of drug-likeness (QED) is 0.937. The molecule has 1 aliphatic rings. The molecule has 1 fully saturated rings. The molecular formula is C19H22N2O. The van der Waals surface area contributed by atoms with Crippen molar-refractivity contribution in [1.82, 2.24) is 4.90 Å². The summed E-state index contributed by atoms with van der Waals surface area (Å²) in [5.74, 6) is 0.275. The summed E-state index contributed by atoms with van der Waals surface area (Å²) in [5.41, 5.74) is 3.10. The lowest BCUT2D eigenvalue weighted by Gasteiger charge is -2.28. The molecule has 0 aromatic heterocycles. The van der Waals surface area contributed by atoms with Gasteiger partial charge in [-0.15, -0.1) is 0 Å². The third-order valence-corrected chi connectivity index (χ3v) is 4.36. The Morgan fingerprint density at radius 2 is 1.64 bits per heavy atom. The van der Waals surface area contributed by atoms with Crippen LogP contribution in [0.25, 0.3) is 11.1 Å². The summed E-state index contributed by atoms with van der Waals surface area (Å²) in [6, 6.07) is 18.2. The van der Waals surface area contributed by atoms with E-state index in [0.29, 0.717) is 0 Å². The van der Waals surface area contributed by atoms with E-state index in [0.717, 1.165) is 42.7 Å². The minimum Gasteiger partial charge on any atom is -0.325 e. The average molecular weight is 294 g/mol. The number of carbonyl (C=O) groups excluding carboxylic acids is 1. The van der Waals surface area contributed by atoms with Crippen LogP contribution in [0.5, 0.6) is 0 Å². The van der Waals surface area contributed by atoms with Crippen LogP contribution >= 0.6 is 0 Å². The highest BCUT2D eigenvalue weighted by atomic mass is 16.1. The van der Waals surface area contributed by atoms with Gasteiger partial charge in [0.05, 0.1) is 0 Å². The number of piperidine rings is 1. The number of nitrogens with one attached hydrogen (secondary N) is 1. The van der Waals surface area contributed by atoms with Gasteiger partial charge in [0.2, 0.25) is 5.91 Å². The summed E-state index contributed by atoms with van der Waals surface area (Å²) in [7, 11) is 2.11. The summed E-state index contributed by atoms with van der Waals surface area (Å²) >= 11 is 0. The van der Waals surface area contributed by atoms with Crippen molar-refractivity contribution in [3.8, 4) is 11.1 Å². The van der Waals surface area contributed by atoms with E-state index in [1.54, 1.807) is 0 Å². The minimum atomic E-state index is 0.125. The van der Waals surface area contributed by atoms with Crippen LogP contribution in [-0.2, 0) is 4.79 Å². The maximum absolute atomic E-state index is 12.5. The molecule has 2 aromatic rings. The summed E-state index contributed by atoms with van der Waals surface area (Å²) in [6.07, 6.45) is 1.88. The molecule has 0 unspecified atom stereocenters. The molecule has 22 heavy (non-hydrogen) atoms. The number of carbonyl (C=O) groups is 1. The topological polar surface area (TPSA) is 32.3 Å². The summed E-state index contributed by atoms with van der Waals surface area (Å²) < 4.78 is 0. The Morgan fingerprint density at radius 1 is 1.00 bits per heavy atom. The van der Waals surface area contributed by atoms with E-state index in [4.69, 9.17) is 0 Å². The molecule has 1 aliphatic heterocycles. The fourth-order valence-electron chi connectivity index (χ4n) is 2.97. The Kier molecular flexibility index (Phi) is 4.54. The lowest BCUT2D eigenvalue weighted by atomic mass is 9.95. The number of amides is 1. The second-order valence-electron chi connectivity index (χ2n) is 5.98. The molecule has 1 amide bonds. The normalized spacial score (nSPS) is 16.4. The van der Waals surface area contributed by atoms with Crippen molar-refractivity contribution in [3.63, 3.8) is 0 Å².